The minimum absolute atomic E-state index is 0.142. The van der Waals surface area contributed by atoms with E-state index in [0.717, 1.165) is 25.1 Å². The molecular weight excluding hydrogens is 269 g/mol. The van der Waals surface area contributed by atoms with Crippen molar-refractivity contribution in [3.05, 3.63) is 27.7 Å². The SMILES string of the molecule is CCC(C)CN(CC)Cc1cc(Cl)cc(Cl)c1O. The third-order valence-electron chi connectivity index (χ3n) is 3.22. The first kappa shape index (κ1) is 15.6. The zero-order chi connectivity index (χ0) is 13.7. The standard InChI is InChI=1S/C14H21Cl2NO/c1-4-10(3)8-17(5-2)9-11-6-12(15)7-13(16)14(11)18/h6-7,10,18H,4-5,8-9H2,1-3H3. The normalized spacial score (nSPS) is 13.0. The molecule has 0 radical (unpaired) electrons. The van der Waals surface area contributed by atoms with Crippen molar-refractivity contribution < 1.29 is 5.11 Å². The highest BCUT2D eigenvalue weighted by molar-refractivity contribution is 6.35. The van der Waals surface area contributed by atoms with Gasteiger partial charge in [0.15, 0.2) is 0 Å². The van der Waals surface area contributed by atoms with E-state index in [2.05, 4.69) is 25.7 Å². The molecule has 2 nitrogen and oxygen atoms in total. The van der Waals surface area contributed by atoms with Crippen molar-refractivity contribution in [3.8, 4) is 5.75 Å². The zero-order valence-corrected chi connectivity index (χ0v) is 12.7. The smallest absolute Gasteiger partial charge is 0.138 e. The Hall–Kier alpha value is -0.440. The largest absolute Gasteiger partial charge is 0.506 e. The predicted molar refractivity (Wildman–Crippen MR) is 78.5 cm³/mol. The molecule has 1 N–H and O–H groups in total. The Morgan fingerprint density at radius 1 is 1.28 bits per heavy atom. The monoisotopic (exact) mass is 289 g/mol. The van der Waals surface area contributed by atoms with Gasteiger partial charge in [-0.3, -0.25) is 4.90 Å². The lowest BCUT2D eigenvalue weighted by atomic mass is 10.1. The fourth-order valence-corrected chi connectivity index (χ4v) is 2.39. The quantitative estimate of drug-likeness (QED) is 0.829. The van der Waals surface area contributed by atoms with Gasteiger partial charge in [-0.15, -0.1) is 0 Å². The van der Waals surface area contributed by atoms with Gasteiger partial charge in [0.2, 0.25) is 0 Å². The molecule has 0 amide bonds. The van der Waals surface area contributed by atoms with Gasteiger partial charge >= 0.3 is 0 Å². The Morgan fingerprint density at radius 3 is 2.50 bits per heavy atom. The molecule has 1 aromatic rings. The van der Waals surface area contributed by atoms with Gasteiger partial charge in [0.1, 0.15) is 5.75 Å². The van der Waals surface area contributed by atoms with Crippen LogP contribution in [0, 0.1) is 5.92 Å². The summed E-state index contributed by atoms with van der Waals surface area (Å²) in [5, 5.41) is 10.8. The van der Waals surface area contributed by atoms with Crippen LogP contribution in [0.25, 0.3) is 0 Å². The summed E-state index contributed by atoms with van der Waals surface area (Å²) in [4.78, 5) is 2.29. The number of hydrogen-bond donors (Lipinski definition) is 1. The summed E-state index contributed by atoms with van der Waals surface area (Å²) in [5.74, 6) is 0.783. The molecule has 1 aromatic carbocycles. The van der Waals surface area contributed by atoms with Crippen molar-refractivity contribution in [2.24, 2.45) is 5.92 Å². The molecular formula is C14H21Cl2NO. The molecule has 0 spiro atoms. The summed E-state index contributed by atoms with van der Waals surface area (Å²) < 4.78 is 0. The number of halogens is 2. The fraction of sp³-hybridized carbons (Fsp3) is 0.571. The van der Waals surface area contributed by atoms with Crippen LogP contribution in [-0.4, -0.2) is 23.1 Å². The van der Waals surface area contributed by atoms with Crippen molar-refractivity contribution in [2.45, 2.75) is 33.7 Å². The molecule has 0 aliphatic heterocycles. The number of rotatable bonds is 6. The van der Waals surface area contributed by atoms with Crippen molar-refractivity contribution in [2.75, 3.05) is 13.1 Å². The van der Waals surface area contributed by atoms with Gasteiger partial charge in [-0.2, -0.15) is 0 Å². The number of benzene rings is 1. The first-order valence-electron chi connectivity index (χ1n) is 6.37. The lowest BCUT2D eigenvalue weighted by molar-refractivity contribution is 0.235. The summed E-state index contributed by atoms with van der Waals surface area (Å²) in [6, 6.07) is 3.34. The first-order valence-corrected chi connectivity index (χ1v) is 7.12. The van der Waals surface area contributed by atoms with Gasteiger partial charge < -0.3 is 5.11 Å². The lowest BCUT2D eigenvalue weighted by Gasteiger charge is -2.24. The second kappa shape index (κ2) is 7.22. The molecule has 0 saturated carbocycles. The maximum atomic E-state index is 9.94. The van der Waals surface area contributed by atoms with Gasteiger partial charge in [-0.25, -0.2) is 0 Å². The third kappa shape index (κ3) is 4.34. The molecule has 0 aliphatic carbocycles. The van der Waals surface area contributed by atoms with Crippen LogP contribution in [0.5, 0.6) is 5.75 Å². The summed E-state index contributed by atoms with van der Waals surface area (Å²) in [7, 11) is 0. The summed E-state index contributed by atoms with van der Waals surface area (Å²) in [6.07, 6.45) is 1.15. The molecule has 1 rings (SSSR count). The second-order valence-electron chi connectivity index (χ2n) is 4.74. The van der Waals surface area contributed by atoms with E-state index in [1.54, 1.807) is 12.1 Å². The molecule has 1 unspecified atom stereocenters. The van der Waals surface area contributed by atoms with Crippen LogP contribution < -0.4 is 0 Å². The van der Waals surface area contributed by atoms with Gasteiger partial charge in [-0.1, -0.05) is 50.4 Å². The average molecular weight is 290 g/mol. The average Bonchev–Trinajstić information content (AvgIpc) is 2.34. The zero-order valence-electron chi connectivity index (χ0n) is 11.2. The Balaban J connectivity index is 2.81. The second-order valence-corrected chi connectivity index (χ2v) is 5.58. The molecule has 0 saturated heterocycles. The Kier molecular flexibility index (Phi) is 6.27. The van der Waals surface area contributed by atoms with E-state index in [0.29, 0.717) is 22.5 Å². The first-order chi connectivity index (χ1) is 8.47. The summed E-state index contributed by atoms with van der Waals surface area (Å²) >= 11 is 11.9. The Labute approximate surface area is 120 Å². The van der Waals surface area contributed by atoms with Gasteiger partial charge in [0.25, 0.3) is 0 Å². The van der Waals surface area contributed by atoms with Gasteiger partial charge in [-0.05, 0) is 24.6 Å². The number of hydrogen-bond acceptors (Lipinski definition) is 2. The fourth-order valence-electron chi connectivity index (χ4n) is 1.86. The van der Waals surface area contributed by atoms with Crippen LogP contribution >= 0.6 is 23.2 Å². The van der Waals surface area contributed by atoms with E-state index in [4.69, 9.17) is 23.2 Å². The molecule has 0 aromatic heterocycles. The van der Waals surface area contributed by atoms with Gasteiger partial charge in [0.05, 0.1) is 5.02 Å². The maximum Gasteiger partial charge on any atom is 0.138 e. The van der Waals surface area contributed by atoms with Crippen molar-refractivity contribution >= 4 is 23.2 Å². The van der Waals surface area contributed by atoms with Crippen LogP contribution in [0.2, 0.25) is 10.0 Å². The topological polar surface area (TPSA) is 23.5 Å². The van der Waals surface area contributed by atoms with E-state index in [9.17, 15) is 5.11 Å². The van der Waals surface area contributed by atoms with Gasteiger partial charge in [0, 0.05) is 23.7 Å². The highest BCUT2D eigenvalue weighted by Gasteiger charge is 2.13. The van der Waals surface area contributed by atoms with E-state index in [1.165, 1.54) is 0 Å². The van der Waals surface area contributed by atoms with Crippen molar-refractivity contribution in [3.63, 3.8) is 0 Å². The number of aromatic hydroxyl groups is 1. The van der Waals surface area contributed by atoms with E-state index >= 15 is 0 Å². The third-order valence-corrected chi connectivity index (χ3v) is 3.72. The number of nitrogens with zero attached hydrogens (tertiary/aromatic N) is 1. The Bertz CT molecular complexity index is 396. The summed E-state index contributed by atoms with van der Waals surface area (Å²) in [6.45, 7) is 9.16. The molecule has 4 heteroatoms. The number of phenols is 1. The van der Waals surface area contributed by atoms with E-state index < -0.39 is 0 Å². The minimum atomic E-state index is 0.142. The lowest BCUT2D eigenvalue weighted by Crippen LogP contribution is -2.27. The van der Waals surface area contributed by atoms with E-state index in [-0.39, 0.29) is 5.75 Å². The molecule has 18 heavy (non-hydrogen) atoms. The number of phenolic OH excluding ortho intramolecular Hbond substituents is 1. The van der Waals surface area contributed by atoms with Crippen LogP contribution in [0.4, 0.5) is 0 Å². The predicted octanol–water partition coefficient (Wildman–Crippen LogP) is 4.57. The molecule has 0 heterocycles. The van der Waals surface area contributed by atoms with Crippen LogP contribution in [0.3, 0.4) is 0 Å². The van der Waals surface area contributed by atoms with E-state index in [1.807, 2.05) is 0 Å². The summed E-state index contributed by atoms with van der Waals surface area (Å²) in [5.41, 5.74) is 0.789. The molecule has 1 atom stereocenters. The molecule has 0 fully saturated rings. The Morgan fingerprint density at radius 2 is 1.94 bits per heavy atom. The van der Waals surface area contributed by atoms with Crippen molar-refractivity contribution in [1.82, 2.24) is 4.90 Å². The molecule has 0 bridgehead atoms. The highest BCUT2D eigenvalue weighted by atomic mass is 35.5. The van der Waals surface area contributed by atoms with Crippen LogP contribution in [0.1, 0.15) is 32.8 Å². The van der Waals surface area contributed by atoms with Crippen molar-refractivity contribution in [1.29, 1.82) is 0 Å². The minimum Gasteiger partial charge on any atom is -0.506 e. The van der Waals surface area contributed by atoms with Crippen LogP contribution in [0.15, 0.2) is 12.1 Å². The highest BCUT2D eigenvalue weighted by Crippen LogP contribution is 2.32. The molecule has 0 aliphatic rings. The van der Waals surface area contributed by atoms with Crippen LogP contribution in [-0.2, 0) is 6.54 Å². The molecule has 102 valence electrons. The maximum absolute atomic E-state index is 9.94.